The Morgan fingerprint density at radius 2 is 1.07 bits per heavy atom. The van der Waals surface area contributed by atoms with Crippen LogP contribution >= 0.6 is 0 Å². The molecule has 0 aromatic carbocycles. The van der Waals surface area contributed by atoms with Crippen molar-refractivity contribution in [1.82, 2.24) is 0 Å². The minimum absolute atomic E-state index is 0.250. The Morgan fingerprint density at radius 3 is 1.07 bits per heavy atom. The number of aliphatic carboxylic acids is 2. The molecule has 0 aliphatic carbocycles. The van der Waals surface area contributed by atoms with Gasteiger partial charge in [0.15, 0.2) is 0 Å². The molecule has 92 valence electrons. The molecule has 0 spiro atoms. The third-order valence-electron chi connectivity index (χ3n) is 0.715. The maximum absolute atomic E-state index is 9.45. The minimum atomic E-state index is -1.23. The molecule has 0 saturated heterocycles. The van der Waals surface area contributed by atoms with E-state index in [4.69, 9.17) is 25.5 Å². The SMILES string of the molecule is CC(O)C(=O)O.CC(O)C(=O)O.CCO. The summed E-state index contributed by atoms with van der Waals surface area (Å²) in [5.41, 5.74) is 0. The third-order valence-corrected chi connectivity index (χ3v) is 0.715. The monoisotopic (exact) mass is 226 g/mol. The molecule has 7 nitrogen and oxygen atoms in total. The summed E-state index contributed by atoms with van der Waals surface area (Å²) in [4.78, 5) is 18.9. The Labute approximate surface area is 87.6 Å². The number of carboxylic acid groups (broad SMARTS) is 2. The average Bonchev–Trinajstić information content (AvgIpc) is 2.06. The van der Waals surface area contributed by atoms with Crippen molar-refractivity contribution in [1.29, 1.82) is 0 Å². The fourth-order valence-corrected chi connectivity index (χ4v) is 0. The number of carbonyl (C=O) groups is 2. The van der Waals surface area contributed by atoms with Gasteiger partial charge in [-0.3, -0.25) is 0 Å². The van der Waals surface area contributed by atoms with Crippen molar-refractivity contribution in [2.75, 3.05) is 6.61 Å². The molecule has 0 aromatic heterocycles. The van der Waals surface area contributed by atoms with Gasteiger partial charge in [-0.25, -0.2) is 9.59 Å². The molecule has 5 N–H and O–H groups in total. The van der Waals surface area contributed by atoms with Gasteiger partial charge in [-0.05, 0) is 20.8 Å². The van der Waals surface area contributed by atoms with E-state index in [1.165, 1.54) is 13.8 Å². The minimum Gasteiger partial charge on any atom is -0.479 e. The van der Waals surface area contributed by atoms with Crippen LogP contribution in [0.3, 0.4) is 0 Å². The van der Waals surface area contributed by atoms with Crippen LogP contribution in [0.1, 0.15) is 20.8 Å². The van der Waals surface area contributed by atoms with Gasteiger partial charge < -0.3 is 25.5 Å². The van der Waals surface area contributed by atoms with E-state index in [9.17, 15) is 9.59 Å². The molecule has 0 bridgehead atoms. The van der Waals surface area contributed by atoms with Crippen LogP contribution in [0.2, 0.25) is 0 Å². The fraction of sp³-hybridized carbons (Fsp3) is 0.750. The third kappa shape index (κ3) is 32.3. The summed E-state index contributed by atoms with van der Waals surface area (Å²) in [7, 11) is 0. The van der Waals surface area contributed by atoms with Gasteiger partial charge in [-0.2, -0.15) is 0 Å². The highest BCUT2D eigenvalue weighted by atomic mass is 16.4. The van der Waals surface area contributed by atoms with Crippen LogP contribution < -0.4 is 0 Å². The molecule has 0 radical (unpaired) electrons. The molecule has 2 unspecified atom stereocenters. The van der Waals surface area contributed by atoms with E-state index >= 15 is 0 Å². The quantitative estimate of drug-likeness (QED) is 0.403. The largest absolute Gasteiger partial charge is 0.479 e. The van der Waals surface area contributed by atoms with E-state index < -0.39 is 24.1 Å². The molecule has 15 heavy (non-hydrogen) atoms. The lowest BCUT2D eigenvalue weighted by molar-refractivity contribution is -0.146. The van der Waals surface area contributed by atoms with Crippen LogP contribution in [0.15, 0.2) is 0 Å². The number of aliphatic hydroxyl groups excluding tert-OH is 3. The molecule has 0 aromatic rings. The Morgan fingerprint density at radius 1 is 1.00 bits per heavy atom. The molecule has 0 fully saturated rings. The van der Waals surface area contributed by atoms with Gasteiger partial charge in [0.1, 0.15) is 12.2 Å². The van der Waals surface area contributed by atoms with Crippen LogP contribution in [0, 0.1) is 0 Å². The predicted molar refractivity (Wildman–Crippen MR) is 51.4 cm³/mol. The van der Waals surface area contributed by atoms with Gasteiger partial charge in [-0.1, -0.05) is 0 Å². The highest BCUT2D eigenvalue weighted by molar-refractivity contribution is 5.71. The molecule has 0 saturated carbocycles. The smallest absolute Gasteiger partial charge is 0.332 e. The van der Waals surface area contributed by atoms with Crippen molar-refractivity contribution in [3.8, 4) is 0 Å². The van der Waals surface area contributed by atoms with Gasteiger partial charge in [0.25, 0.3) is 0 Å². The Hall–Kier alpha value is -1.18. The number of rotatable bonds is 2. The second-order valence-corrected chi connectivity index (χ2v) is 2.34. The second-order valence-electron chi connectivity index (χ2n) is 2.34. The Kier molecular flexibility index (Phi) is 16.6. The highest BCUT2D eigenvalue weighted by Gasteiger charge is 2.01. The molecule has 2 atom stereocenters. The van der Waals surface area contributed by atoms with Crippen molar-refractivity contribution < 1.29 is 35.1 Å². The second kappa shape index (κ2) is 12.8. The first-order valence-corrected chi connectivity index (χ1v) is 4.13. The predicted octanol–water partition coefficient (Wildman–Crippen LogP) is -1.10. The molecule has 0 heterocycles. The van der Waals surface area contributed by atoms with Gasteiger partial charge in [0.05, 0.1) is 0 Å². The molecule has 0 aliphatic heterocycles. The van der Waals surface area contributed by atoms with E-state index in [-0.39, 0.29) is 6.61 Å². The van der Waals surface area contributed by atoms with Crippen LogP contribution in [0.5, 0.6) is 0 Å². The Balaban J connectivity index is -0.000000153. The molecule has 0 amide bonds. The molecule has 0 aliphatic rings. The lowest BCUT2D eigenvalue weighted by Gasteiger charge is -1.89. The first kappa shape index (κ1) is 19.4. The summed E-state index contributed by atoms with van der Waals surface area (Å²) in [6.45, 7) is 4.32. The summed E-state index contributed by atoms with van der Waals surface area (Å²) in [6.07, 6.45) is -2.46. The number of hydrogen-bond acceptors (Lipinski definition) is 5. The zero-order valence-corrected chi connectivity index (χ0v) is 8.91. The van der Waals surface area contributed by atoms with E-state index in [0.29, 0.717) is 0 Å². The van der Waals surface area contributed by atoms with Gasteiger partial charge >= 0.3 is 11.9 Å². The first-order chi connectivity index (χ1) is 6.70. The van der Waals surface area contributed by atoms with Crippen LogP contribution in [-0.4, -0.2) is 56.3 Å². The van der Waals surface area contributed by atoms with Crippen LogP contribution in [-0.2, 0) is 9.59 Å². The average molecular weight is 226 g/mol. The summed E-state index contributed by atoms with van der Waals surface area (Å²) in [6, 6.07) is 0. The highest BCUT2D eigenvalue weighted by Crippen LogP contribution is 1.73. The van der Waals surface area contributed by atoms with E-state index in [2.05, 4.69) is 0 Å². The maximum atomic E-state index is 9.45. The molecule has 7 heteroatoms. The van der Waals surface area contributed by atoms with Crippen molar-refractivity contribution in [2.24, 2.45) is 0 Å². The molecular weight excluding hydrogens is 208 g/mol. The van der Waals surface area contributed by atoms with Crippen LogP contribution in [0.4, 0.5) is 0 Å². The van der Waals surface area contributed by atoms with E-state index in [1.54, 1.807) is 6.92 Å². The molecular formula is C8H18O7. The van der Waals surface area contributed by atoms with Gasteiger partial charge in [-0.15, -0.1) is 0 Å². The van der Waals surface area contributed by atoms with Crippen molar-refractivity contribution in [3.05, 3.63) is 0 Å². The van der Waals surface area contributed by atoms with Crippen LogP contribution in [0.25, 0.3) is 0 Å². The van der Waals surface area contributed by atoms with Gasteiger partial charge in [0, 0.05) is 6.61 Å². The number of aliphatic hydroxyl groups is 3. The summed E-state index contributed by atoms with van der Waals surface area (Å²) in [5.74, 6) is -2.37. The van der Waals surface area contributed by atoms with Crippen molar-refractivity contribution in [3.63, 3.8) is 0 Å². The van der Waals surface area contributed by atoms with E-state index in [0.717, 1.165) is 0 Å². The fourth-order valence-electron chi connectivity index (χ4n) is 0. The topological polar surface area (TPSA) is 135 Å². The summed E-state index contributed by atoms with van der Waals surface area (Å²) >= 11 is 0. The number of carboxylic acids is 2. The van der Waals surface area contributed by atoms with Crippen molar-refractivity contribution >= 4 is 11.9 Å². The van der Waals surface area contributed by atoms with Crippen molar-refractivity contribution in [2.45, 2.75) is 33.0 Å². The van der Waals surface area contributed by atoms with Gasteiger partial charge in [0.2, 0.25) is 0 Å². The zero-order valence-electron chi connectivity index (χ0n) is 8.91. The zero-order chi connectivity index (χ0) is 13.0. The summed E-state index contributed by atoms with van der Waals surface area (Å²) < 4.78 is 0. The number of hydrogen-bond donors (Lipinski definition) is 5. The Bertz CT molecular complexity index is 146. The first-order valence-electron chi connectivity index (χ1n) is 4.13. The molecule has 0 rings (SSSR count). The van der Waals surface area contributed by atoms with E-state index in [1.807, 2.05) is 0 Å². The maximum Gasteiger partial charge on any atom is 0.332 e. The summed E-state index contributed by atoms with van der Waals surface area (Å²) in [5, 5.41) is 39.1. The lowest BCUT2D eigenvalue weighted by atomic mass is 10.4. The lowest BCUT2D eigenvalue weighted by Crippen LogP contribution is -2.13. The standard InChI is InChI=1S/2C3H6O3.C2H6O/c2*1-2(4)3(5)6;1-2-3/h2*2,4H,1H3,(H,5,6);3H,2H2,1H3. The normalized spacial score (nSPS) is 12.1.